The van der Waals surface area contributed by atoms with E-state index in [1.807, 2.05) is 25.1 Å². The third kappa shape index (κ3) is 3.06. The second kappa shape index (κ2) is 5.75. The standard InChI is InChI=1S/C13H15ClN4O/c1-2-18-8-11(15)12(17-18)13(19)16-7-9-5-3-4-6-10(9)14/h3-6,8H,2,7,15H2,1H3,(H,16,19). The van der Waals surface area contributed by atoms with E-state index < -0.39 is 0 Å². The molecule has 0 atom stereocenters. The van der Waals surface area contributed by atoms with E-state index in [1.54, 1.807) is 16.9 Å². The van der Waals surface area contributed by atoms with E-state index in [-0.39, 0.29) is 11.6 Å². The Morgan fingerprint density at radius 2 is 2.21 bits per heavy atom. The average Bonchev–Trinajstić information content (AvgIpc) is 2.79. The van der Waals surface area contributed by atoms with Gasteiger partial charge in [-0.2, -0.15) is 5.10 Å². The zero-order valence-corrected chi connectivity index (χ0v) is 11.3. The van der Waals surface area contributed by atoms with Crippen molar-refractivity contribution >= 4 is 23.2 Å². The molecule has 0 saturated carbocycles. The van der Waals surface area contributed by atoms with Crippen molar-refractivity contribution in [2.24, 2.45) is 0 Å². The molecule has 0 aliphatic heterocycles. The summed E-state index contributed by atoms with van der Waals surface area (Å²) in [4.78, 5) is 12.0. The molecule has 0 aliphatic rings. The van der Waals surface area contributed by atoms with Gasteiger partial charge in [-0.1, -0.05) is 29.8 Å². The third-order valence-corrected chi connectivity index (χ3v) is 3.10. The summed E-state index contributed by atoms with van der Waals surface area (Å²) in [6.45, 7) is 2.94. The first-order valence-corrected chi connectivity index (χ1v) is 6.34. The number of aryl methyl sites for hydroxylation is 1. The molecular formula is C13H15ClN4O. The number of carbonyl (C=O) groups is 1. The van der Waals surface area contributed by atoms with Gasteiger partial charge in [0.25, 0.3) is 5.91 Å². The maximum atomic E-state index is 12.0. The molecule has 100 valence electrons. The van der Waals surface area contributed by atoms with E-state index in [0.717, 1.165) is 5.56 Å². The molecule has 19 heavy (non-hydrogen) atoms. The maximum Gasteiger partial charge on any atom is 0.274 e. The van der Waals surface area contributed by atoms with Gasteiger partial charge in [0.2, 0.25) is 0 Å². The lowest BCUT2D eigenvalue weighted by Gasteiger charge is -2.05. The first-order valence-electron chi connectivity index (χ1n) is 5.96. The highest BCUT2D eigenvalue weighted by Gasteiger charge is 2.14. The summed E-state index contributed by atoms with van der Waals surface area (Å²) in [6, 6.07) is 7.35. The fourth-order valence-electron chi connectivity index (χ4n) is 1.68. The normalized spacial score (nSPS) is 10.4. The number of nitrogens with two attached hydrogens (primary N) is 1. The number of halogens is 1. The predicted octanol–water partition coefficient (Wildman–Crippen LogP) is 2.07. The van der Waals surface area contributed by atoms with Crippen molar-refractivity contribution in [3.05, 3.63) is 46.7 Å². The SMILES string of the molecule is CCn1cc(N)c(C(=O)NCc2ccccc2Cl)n1. The summed E-state index contributed by atoms with van der Waals surface area (Å²) in [5.41, 5.74) is 7.22. The van der Waals surface area contributed by atoms with Crippen LogP contribution in [-0.2, 0) is 13.1 Å². The molecule has 5 nitrogen and oxygen atoms in total. The fourth-order valence-corrected chi connectivity index (χ4v) is 1.88. The minimum absolute atomic E-state index is 0.244. The lowest BCUT2D eigenvalue weighted by Crippen LogP contribution is -2.24. The van der Waals surface area contributed by atoms with Crippen LogP contribution >= 0.6 is 11.6 Å². The van der Waals surface area contributed by atoms with Gasteiger partial charge in [-0.3, -0.25) is 9.48 Å². The summed E-state index contributed by atoms with van der Waals surface area (Å²) >= 11 is 6.02. The van der Waals surface area contributed by atoms with E-state index in [9.17, 15) is 4.79 Å². The molecule has 0 saturated heterocycles. The zero-order valence-electron chi connectivity index (χ0n) is 10.6. The monoisotopic (exact) mass is 278 g/mol. The number of aromatic nitrogens is 2. The van der Waals surface area contributed by atoms with Crippen LogP contribution in [0, 0.1) is 0 Å². The molecule has 0 aliphatic carbocycles. The number of nitrogens with zero attached hydrogens (tertiary/aromatic N) is 2. The van der Waals surface area contributed by atoms with Crippen LogP contribution in [0.25, 0.3) is 0 Å². The largest absolute Gasteiger partial charge is 0.396 e. The third-order valence-electron chi connectivity index (χ3n) is 2.73. The highest BCUT2D eigenvalue weighted by atomic mass is 35.5. The second-order valence-corrected chi connectivity index (χ2v) is 4.47. The van der Waals surface area contributed by atoms with Gasteiger partial charge in [0.1, 0.15) is 0 Å². The Bertz CT molecular complexity index is 594. The van der Waals surface area contributed by atoms with Crippen molar-refractivity contribution in [2.75, 3.05) is 5.73 Å². The van der Waals surface area contributed by atoms with Crippen LogP contribution in [0.4, 0.5) is 5.69 Å². The van der Waals surface area contributed by atoms with Gasteiger partial charge >= 0.3 is 0 Å². The Balaban J connectivity index is 2.05. The van der Waals surface area contributed by atoms with E-state index in [1.165, 1.54) is 0 Å². The van der Waals surface area contributed by atoms with Gasteiger partial charge in [-0.25, -0.2) is 0 Å². The molecule has 0 spiro atoms. The van der Waals surface area contributed by atoms with Crippen LogP contribution in [0.3, 0.4) is 0 Å². The Kier molecular flexibility index (Phi) is 4.06. The first-order chi connectivity index (χ1) is 9.11. The number of hydrogen-bond acceptors (Lipinski definition) is 3. The minimum Gasteiger partial charge on any atom is -0.396 e. The summed E-state index contributed by atoms with van der Waals surface area (Å²) in [6.07, 6.45) is 1.64. The number of benzene rings is 1. The highest BCUT2D eigenvalue weighted by molar-refractivity contribution is 6.31. The highest BCUT2D eigenvalue weighted by Crippen LogP contribution is 2.15. The van der Waals surface area contributed by atoms with Gasteiger partial charge in [-0.15, -0.1) is 0 Å². The molecule has 1 aromatic carbocycles. The van der Waals surface area contributed by atoms with Crippen LogP contribution in [0.15, 0.2) is 30.5 Å². The molecular weight excluding hydrogens is 264 g/mol. The van der Waals surface area contributed by atoms with Crippen molar-refractivity contribution in [3.63, 3.8) is 0 Å². The predicted molar refractivity (Wildman–Crippen MR) is 74.9 cm³/mol. The van der Waals surface area contributed by atoms with Crippen LogP contribution in [-0.4, -0.2) is 15.7 Å². The van der Waals surface area contributed by atoms with Crippen LogP contribution in [0.1, 0.15) is 23.0 Å². The van der Waals surface area contributed by atoms with Crippen LogP contribution in [0.5, 0.6) is 0 Å². The van der Waals surface area contributed by atoms with Gasteiger partial charge in [-0.05, 0) is 18.6 Å². The van der Waals surface area contributed by atoms with Crippen molar-refractivity contribution in [2.45, 2.75) is 20.0 Å². The van der Waals surface area contributed by atoms with Gasteiger partial charge in [0.05, 0.1) is 5.69 Å². The molecule has 2 rings (SSSR count). The number of nitrogen functional groups attached to an aromatic ring is 1. The maximum absolute atomic E-state index is 12.0. The molecule has 0 unspecified atom stereocenters. The quantitative estimate of drug-likeness (QED) is 0.899. The number of rotatable bonds is 4. The summed E-state index contributed by atoms with van der Waals surface area (Å²) < 4.78 is 1.62. The number of hydrogen-bond donors (Lipinski definition) is 2. The molecule has 1 amide bonds. The zero-order chi connectivity index (χ0) is 13.8. The lowest BCUT2D eigenvalue weighted by atomic mass is 10.2. The molecule has 6 heteroatoms. The van der Waals surface area contributed by atoms with E-state index in [2.05, 4.69) is 10.4 Å². The Morgan fingerprint density at radius 1 is 1.47 bits per heavy atom. The molecule has 0 fully saturated rings. The Hall–Kier alpha value is -2.01. The van der Waals surface area contributed by atoms with Crippen LogP contribution < -0.4 is 11.1 Å². The number of amides is 1. The van der Waals surface area contributed by atoms with Crippen LogP contribution in [0.2, 0.25) is 5.02 Å². The van der Waals surface area contributed by atoms with Crippen molar-refractivity contribution < 1.29 is 4.79 Å². The molecule has 1 heterocycles. The Labute approximate surface area is 116 Å². The first kappa shape index (κ1) is 13.4. The minimum atomic E-state index is -0.301. The molecule has 2 aromatic rings. The summed E-state index contributed by atoms with van der Waals surface area (Å²) in [5, 5.41) is 7.48. The smallest absolute Gasteiger partial charge is 0.274 e. The Morgan fingerprint density at radius 3 is 2.84 bits per heavy atom. The summed E-state index contributed by atoms with van der Waals surface area (Å²) in [7, 11) is 0. The van der Waals surface area contributed by atoms with E-state index in [4.69, 9.17) is 17.3 Å². The summed E-state index contributed by atoms with van der Waals surface area (Å²) in [5.74, 6) is -0.301. The molecule has 0 radical (unpaired) electrons. The van der Waals surface area contributed by atoms with Crippen molar-refractivity contribution in [1.29, 1.82) is 0 Å². The topological polar surface area (TPSA) is 72.9 Å². The number of nitrogens with one attached hydrogen (secondary N) is 1. The lowest BCUT2D eigenvalue weighted by molar-refractivity contribution is 0.0946. The van der Waals surface area contributed by atoms with Gasteiger partial charge in [0.15, 0.2) is 5.69 Å². The molecule has 3 N–H and O–H groups in total. The van der Waals surface area contributed by atoms with Gasteiger partial charge in [0, 0.05) is 24.3 Å². The molecule has 0 bridgehead atoms. The second-order valence-electron chi connectivity index (χ2n) is 4.06. The van der Waals surface area contributed by atoms with E-state index in [0.29, 0.717) is 23.8 Å². The molecule has 1 aromatic heterocycles. The van der Waals surface area contributed by atoms with Crippen molar-refractivity contribution in [3.8, 4) is 0 Å². The average molecular weight is 279 g/mol. The number of anilines is 1. The number of carbonyl (C=O) groups excluding carboxylic acids is 1. The van der Waals surface area contributed by atoms with Gasteiger partial charge < -0.3 is 11.1 Å². The van der Waals surface area contributed by atoms with E-state index >= 15 is 0 Å². The fraction of sp³-hybridized carbons (Fsp3) is 0.231. The van der Waals surface area contributed by atoms with Crippen molar-refractivity contribution in [1.82, 2.24) is 15.1 Å².